The van der Waals surface area contributed by atoms with Crippen LogP contribution in [0, 0.1) is 12.3 Å². The molecule has 0 aliphatic carbocycles. The van der Waals surface area contributed by atoms with Crippen LogP contribution >= 0.6 is 0 Å². The predicted molar refractivity (Wildman–Crippen MR) is 95.3 cm³/mol. The maximum atomic E-state index is 12.6. The van der Waals surface area contributed by atoms with Gasteiger partial charge in [0.1, 0.15) is 5.69 Å². The number of carbonyl (C=O) groups excluding carboxylic acids is 2. The van der Waals surface area contributed by atoms with Crippen molar-refractivity contribution < 1.29 is 9.59 Å². The molecule has 1 spiro atoms. The van der Waals surface area contributed by atoms with Gasteiger partial charge in [-0.2, -0.15) is 0 Å². The summed E-state index contributed by atoms with van der Waals surface area (Å²) in [6.07, 6.45) is 3.00. The second-order valence-corrected chi connectivity index (χ2v) is 7.19. The summed E-state index contributed by atoms with van der Waals surface area (Å²) in [5.74, 6) is 0.108. The fourth-order valence-corrected chi connectivity index (χ4v) is 3.96. The van der Waals surface area contributed by atoms with E-state index in [2.05, 4.69) is 4.98 Å². The van der Waals surface area contributed by atoms with Crippen LogP contribution < -0.4 is 4.90 Å². The summed E-state index contributed by atoms with van der Waals surface area (Å²) in [5.41, 5.74) is 2.44. The number of carbonyl (C=O) groups is 2. The first-order chi connectivity index (χ1) is 12.1. The summed E-state index contributed by atoms with van der Waals surface area (Å²) in [4.78, 5) is 33.1. The number of rotatable bonds is 2. The fourth-order valence-electron chi connectivity index (χ4n) is 3.96. The summed E-state index contributed by atoms with van der Waals surface area (Å²) in [7, 11) is 0. The molecule has 0 unspecified atom stereocenters. The quantitative estimate of drug-likeness (QED) is 0.848. The zero-order valence-corrected chi connectivity index (χ0v) is 14.3. The lowest BCUT2D eigenvalue weighted by Crippen LogP contribution is -2.34. The van der Waals surface area contributed by atoms with Gasteiger partial charge in [-0.05, 0) is 43.2 Å². The van der Waals surface area contributed by atoms with E-state index in [4.69, 9.17) is 0 Å². The molecule has 4 rings (SSSR count). The van der Waals surface area contributed by atoms with Crippen molar-refractivity contribution in [1.82, 2.24) is 9.88 Å². The Morgan fingerprint density at radius 1 is 1.16 bits per heavy atom. The van der Waals surface area contributed by atoms with Gasteiger partial charge in [-0.3, -0.25) is 14.6 Å². The molecule has 1 aromatic carbocycles. The smallest absolute Gasteiger partial charge is 0.272 e. The summed E-state index contributed by atoms with van der Waals surface area (Å²) in [5, 5.41) is 0. The highest BCUT2D eigenvalue weighted by Crippen LogP contribution is 2.42. The number of likely N-dealkylation sites (tertiary alicyclic amines) is 1. The third-order valence-corrected chi connectivity index (χ3v) is 5.24. The Morgan fingerprint density at radius 2 is 2.04 bits per heavy atom. The number of anilines is 1. The van der Waals surface area contributed by atoms with Gasteiger partial charge in [0.25, 0.3) is 5.91 Å². The molecule has 0 radical (unpaired) electrons. The van der Waals surface area contributed by atoms with Crippen molar-refractivity contribution in [3.05, 3.63) is 59.9 Å². The number of aromatic nitrogens is 1. The topological polar surface area (TPSA) is 53.5 Å². The molecule has 0 saturated carbocycles. The van der Waals surface area contributed by atoms with Gasteiger partial charge in [-0.15, -0.1) is 0 Å². The number of hydrogen-bond acceptors (Lipinski definition) is 3. The lowest BCUT2D eigenvalue weighted by molar-refractivity contribution is -0.117. The number of nitrogens with zero attached hydrogens (tertiary/aromatic N) is 3. The van der Waals surface area contributed by atoms with Crippen LogP contribution in [-0.4, -0.2) is 41.3 Å². The van der Waals surface area contributed by atoms with E-state index in [0.717, 1.165) is 17.7 Å². The number of benzene rings is 1. The molecule has 2 fully saturated rings. The number of hydrogen-bond donors (Lipinski definition) is 0. The molecule has 5 heteroatoms. The lowest BCUT2D eigenvalue weighted by atomic mass is 9.86. The Balaban J connectivity index is 1.51. The van der Waals surface area contributed by atoms with E-state index in [1.54, 1.807) is 18.3 Å². The van der Waals surface area contributed by atoms with Gasteiger partial charge >= 0.3 is 0 Å². The Bertz CT molecular complexity index is 821. The standard InChI is InChI=1S/C20H21N3O2/c1-15-5-4-6-16(11-15)23-14-20(12-18(23)24)8-10-22(13-20)19(25)17-7-2-3-9-21-17/h2-7,9,11H,8,10,12-14H2,1H3/t20-/m1/s1. The van der Waals surface area contributed by atoms with E-state index in [1.165, 1.54) is 0 Å². The predicted octanol–water partition coefficient (Wildman–Crippen LogP) is 2.66. The van der Waals surface area contributed by atoms with E-state index in [-0.39, 0.29) is 17.2 Å². The maximum absolute atomic E-state index is 12.6. The Morgan fingerprint density at radius 3 is 2.80 bits per heavy atom. The summed E-state index contributed by atoms with van der Waals surface area (Å²) >= 11 is 0. The van der Waals surface area contributed by atoms with E-state index in [0.29, 0.717) is 31.7 Å². The molecule has 2 aliphatic rings. The molecule has 2 aromatic rings. The van der Waals surface area contributed by atoms with Crippen molar-refractivity contribution >= 4 is 17.5 Å². The van der Waals surface area contributed by atoms with Gasteiger partial charge in [0.2, 0.25) is 5.91 Å². The third kappa shape index (κ3) is 2.90. The minimum Gasteiger partial charge on any atom is -0.337 e. The van der Waals surface area contributed by atoms with Crippen molar-refractivity contribution in [3.8, 4) is 0 Å². The van der Waals surface area contributed by atoms with Crippen LogP contribution in [0.4, 0.5) is 5.69 Å². The van der Waals surface area contributed by atoms with E-state index >= 15 is 0 Å². The van der Waals surface area contributed by atoms with Crippen molar-refractivity contribution in [1.29, 1.82) is 0 Å². The molecular weight excluding hydrogens is 314 g/mol. The van der Waals surface area contributed by atoms with Gasteiger partial charge in [0, 0.05) is 43.4 Å². The highest BCUT2D eigenvalue weighted by atomic mass is 16.2. The molecule has 2 amide bonds. The Kier molecular flexibility index (Phi) is 3.79. The second-order valence-electron chi connectivity index (χ2n) is 7.19. The molecule has 1 aromatic heterocycles. The lowest BCUT2D eigenvalue weighted by Gasteiger charge is -2.24. The van der Waals surface area contributed by atoms with Crippen LogP contribution in [0.15, 0.2) is 48.7 Å². The van der Waals surface area contributed by atoms with Gasteiger partial charge in [-0.25, -0.2) is 0 Å². The van der Waals surface area contributed by atoms with E-state index in [1.807, 2.05) is 47.1 Å². The molecule has 128 valence electrons. The zero-order valence-electron chi connectivity index (χ0n) is 14.3. The van der Waals surface area contributed by atoms with Crippen LogP contribution in [0.1, 0.15) is 28.9 Å². The van der Waals surface area contributed by atoms with Gasteiger partial charge in [0.05, 0.1) is 0 Å². The van der Waals surface area contributed by atoms with Crippen LogP contribution in [0.25, 0.3) is 0 Å². The molecule has 2 saturated heterocycles. The monoisotopic (exact) mass is 335 g/mol. The SMILES string of the molecule is Cc1cccc(N2C[C@]3(CCN(C(=O)c4ccccn4)C3)CC2=O)c1. The van der Waals surface area contributed by atoms with Crippen molar-refractivity contribution in [3.63, 3.8) is 0 Å². The number of amides is 2. The van der Waals surface area contributed by atoms with Crippen molar-refractivity contribution in [2.24, 2.45) is 5.41 Å². The highest BCUT2D eigenvalue weighted by molar-refractivity contribution is 5.97. The van der Waals surface area contributed by atoms with E-state index in [9.17, 15) is 9.59 Å². The minimum absolute atomic E-state index is 0.0427. The van der Waals surface area contributed by atoms with Crippen LogP contribution in [0.5, 0.6) is 0 Å². The second kappa shape index (κ2) is 5.99. The minimum atomic E-state index is -0.134. The first kappa shape index (κ1) is 15.8. The van der Waals surface area contributed by atoms with Gasteiger partial charge in [-0.1, -0.05) is 18.2 Å². The molecular formula is C20H21N3O2. The maximum Gasteiger partial charge on any atom is 0.272 e. The molecule has 25 heavy (non-hydrogen) atoms. The Labute approximate surface area is 147 Å². The first-order valence-electron chi connectivity index (χ1n) is 8.64. The van der Waals surface area contributed by atoms with Gasteiger partial charge in [0.15, 0.2) is 0 Å². The molecule has 0 bridgehead atoms. The van der Waals surface area contributed by atoms with E-state index < -0.39 is 0 Å². The average molecular weight is 335 g/mol. The molecule has 5 nitrogen and oxygen atoms in total. The highest BCUT2D eigenvalue weighted by Gasteiger charge is 2.48. The largest absolute Gasteiger partial charge is 0.337 e. The van der Waals surface area contributed by atoms with Crippen molar-refractivity contribution in [2.45, 2.75) is 19.8 Å². The third-order valence-electron chi connectivity index (χ3n) is 5.24. The number of aryl methyl sites for hydroxylation is 1. The normalized spacial score (nSPS) is 22.8. The zero-order chi connectivity index (χ0) is 17.4. The summed E-state index contributed by atoms with van der Waals surface area (Å²) in [6, 6.07) is 13.4. The Hall–Kier alpha value is -2.69. The average Bonchev–Trinajstić information content (AvgIpc) is 3.18. The first-order valence-corrected chi connectivity index (χ1v) is 8.64. The molecule has 2 aliphatic heterocycles. The van der Waals surface area contributed by atoms with Crippen LogP contribution in [-0.2, 0) is 4.79 Å². The molecule has 1 atom stereocenters. The molecule has 0 N–H and O–H groups in total. The van der Waals surface area contributed by atoms with Crippen LogP contribution in [0.2, 0.25) is 0 Å². The molecule has 3 heterocycles. The number of pyridine rings is 1. The van der Waals surface area contributed by atoms with Crippen molar-refractivity contribution in [2.75, 3.05) is 24.5 Å². The summed E-state index contributed by atoms with van der Waals surface area (Å²) in [6.45, 7) is 4.02. The van der Waals surface area contributed by atoms with Gasteiger partial charge < -0.3 is 9.80 Å². The van der Waals surface area contributed by atoms with Crippen LogP contribution in [0.3, 0.4) is 0 Å². The summed E-state index contributed by atoms with van der Waals surface area (Å²) < 4.78 is 0. The fraction of sp³-hybridized carbons (Fsp3) is 0.350.